The minimum atomic E-state index is -0.421. The van der Waals surface area contributed by atoms with Gasteiger partial charge < -0.3 is 10.2 Å². The van der Waals surface area contributed by atoms with Crippen LogP contribution in [0.4, 0.5) is 0 Å². The molecule has 1 aliphatic rings. The van der Waals surface area contributed by atoms with E-state index in [1.54, 1.807) is 54.6 Å². The SMILES string of the molecule is O=C1c2ccccc2C(=O)c2c1cc(O)c(-c1ccccc1)c2O. The number of hydrogen-bond donors (Lipinski definition) is 2. The quantitative estimate of drug-likeness (QED) is 0.563. The average molecular weight is 316 g/mol. The maximum Gasteiger partial charge on any atom is 0.198 e. The molecule has 3 aromatic rings. The Morgan fingerprint density at radius 1 is 0.625 bits per heavy atom. The van der Waals surface area contributed by atoms with Crippen molar-refractivity contribution >= 4 is 11.6 Å². The Morgan fingerprint density at radius 2 is 1.21 bits per heavy atom. The molecule has 0 spiro atoms. The molecule has 0 aromatic heterocycles. The molecule has 3 aromatic carbocycles. The Kier molecular flexibility index (Phi) is 3.00. The fraction of sp³-hybridized carbons (Fsp3) is 0. The number of phenols is 2. The van der Waals surface area contributed by atoms with Crippen LogP contribution in [0.3, 0.4) is 0 Å². The number of phenolic OH excluding ortho intramolecular Hbond substituents is 2. The molecule has 0 fully saturated rings. The molecule has 1 aliphatic carbocycles. The molecule has 0 radical (unpaired) electrons. The summed E-state index contributed by atoms with van der Waals surface area (Å²) >= 11 is 0. The molecular formula is C20H12O4. The van der Waals surface area contributed by atoms with Crippen LogP contribution in [0.15, 0.2) is 60.7 Å². The lowest BCUT2D eigenvalue weighted by atomic mass is 9.81. The Hall–Kier alpha value is -3.40. The molecule has 0 bridgehead atoms. The number of fused-ring (bicyclic) bond motifs is 2. The Labute approximate surface area is 137 Å². The summed E-state index contributed by atoms with van der Waals surface area (Å²) in [6.45, 7) is 0. The molecule has 2 N–H and O–H groups in total. The van der Waals surface area contributed by atoms with E-state index in [1.807, 2.05) is 0 Å². The molecule has 0 aliphatic heterocycles. The zero-order valence-corrected chi connectivity index (χ0v) is 12.5. The second-order valence-electron chi connectivity index (χ2n) is 5.61. The highest BCUT2D eigenvalue weighted by molar-refractivity contribution is 6.30. The zero-order valence-electron chi connectivity index (χ0n) is 12.5. The lowest BCUT2D eigenvalue weighted by molar-refractivity contribution is 0.0976. The summed E-state index contributed by atoms with van der Waals surface area (Å²) in [5, 5.41) is 21.0. The maximum absolute atomic E-state index is 12.8. The van der Waals surface area contributed by atoms with Gasteiger partial charge in [-0.3, -0.25) is 9.59 Å². The van der Waals surface area contributed by atoms with E-state index in [2.05, 4.69) is 0 Å². The number of benzene rings is 3. The molecule has 0 heterocycles. The fourth-order valence-corrected chi connectivity index (χ4v) is 3.11. The Bertz CT molecular complexity index is 1000. The minimum absolute atomic E-state index is 0.0216. The topological polar surface area (TPSA) is 74.6 Å². The van der Waals surface area contributed by atoms with Gasteiger partial charge in [0.1, 0.15) is 11.5 Å². The maximum atomic E-state index is 12.8. The predicted molar refractivity (Wildman–Crippen MR) is 88.5 cm³/mol. The summed E-state index contributed by atoms with van der Waals surface area (Å²) < 4.78 is 0. The third-order valence-electron chi connectivity index (χ3n) is 4.23. The lowest BCUT2D eigenvalue weighted by Gasteiger charge is -2.20. The molecule has 0 saturated carbocycles. The fourth-order valence-electron chi connectivity index (χ4n) is 3.11. The van der Waals surface area contributed by atoms with Crippen molar-refractivity contribution in [3.05, 3.63) is 82.9 Å². The molecular weight excluding hydrogens is 304 g/mol. The van der Waals surface area contributed by atoms with Crippen molar-refractivity contribution in [1.29, 1.82) is 0 Å². The van der Waals surface area contributed by atoms with Gasteiger partial charge in [0.2, 0.25) is 0 Å². The Morgan fingerprint density at radius 3 is 1.88 bits per heavy atom. The van der Waals surface area contributed by atoms with Crippen molar-refractivity contribution < 1.29 is 19.8 Å². The first-order valence-corrected chi connectivity index (χ1v) is 7.42. The van der Waals surface area contributed by atoms with Crippen LogP contribution in [-0.4, -0.2) is 21.8 Å². The van der Waals surface area contributed by atoms with Crippen molar-refractivity contribution in [2.24, 2.45) is 0 Å². The van der Waals surface area contributed by atoms with Crippen LogP contribution in [0.1, 0.15) is 31.8 Å². The number of rotatable bonds is 1. The molecule has 4 nitrogen and oxygen atoms in total. The first kappa shape index (κ1) is 14.2. The van der Waals surface area contributed by atoms with Gasteiger partial charge in [-0.25, -0.2) is 0 Å². The lowest BCUT2D eigenvalue weighted by Crippen LogP contribution is -2.21. The van der Waals surface area contributed by atoms with Gasteiger partial charge in [-0.05, 0) is 11.6 Å². The normalized spacial score (nSPS) is 12.7. The summed E-state index contributed by atoms with van der Waals surface area (Å²) in [5.74, 6) is -1.41. The minimum Gasteiger partial charge on any atom is -0.507 e. The first-order valence-electron chi connectivity index (χ1n) is 7.42. The van der Waals surface area contributed by atoms with E-state index in [1.165, 1.54) is 6.07 Å². The molecule has 116 valence electrons. The summed E-state index contributed by atoms with van der Waals surface area (Å²) in [5.41, 5.74) is 1.21. The van der Waals surface area contributed by atoms with Crippen molar-refractivity contribution in [1.82, 2.24) is 0 Å². The smallest absolute Gasteiger partial charge is 0.198 e. The molecule has 4 heteroatoms. The van der Waals surface area contributed by atoms with Crippen molar-refractivity contribution in [3.63, 3.8) is 0 Å². The molecule has 0 saturated heterocycles. The average Bonchev–Trinajstić information content (AvgIpc) is 2.60. The number of ketones is 2. The number of carbonyl (C=O) groups excluding carboxylic acids is 2. The van der Waals surface area contributed by atoms with Crippen molar-refractivity contribution in [2.45, 2.75) is 0 Å². The second-order valence-corrected chi connectivity index (χ2v) is 5.61. The van der Waals surface area contributed by atoms with E-state index >= 15 is 0 Å². The van der Waals surface area contributed by atoms with Gasteiger partial charge in [0, 0.05) is 16.7 Å². The monoisotopic (exact) mass is 316 g/mol. The summed E-state index contributed by atoms with van der Waals surface area (Å²) in [6.07, 6.45) is 0. The first-order chi connectivity index (χ1) is 11.6. The van der Waals surface area contributed by atoms with E-state index in [-0.39, 0.29) is 45.1 Å². The highest BCUT2D eigenvalue weighted by Crippen LogP contribution is 2.44. The van der Waals surface area contributed by atoms with E-state index < -0.39 is 5.78 Å². The van der Waals surface area contributed by atoms with Crippen LogP contribution < -0.4 is 0 Å². The standard InChI is InChI=1S/C20H12O4/c21-15-10-14-17(20(24)16(15)11-6-2-1-3-7-11)19(23)13-9-5-4-8-12(13)18(14)22/h1-10,21,24H. The Balaban J connectivity index is 2.03. The van der Waals surface area contributed by atoms with E-state index in [4.69, 9.17) is 0 Å². The number of hydrogen-bond acceptors (Lipinski definition) is 4. The largest absolute Gasteiger partial charge is 0.507 e. The summed E-state index contributed by atoms with van der Waals surface area (Å²) in [4.78, 5) is 25.4. The van der Waals surface area contributed by atoms with Crippen LogP contribution >= 0.6 is 0 Å². The van der Waals surface area contributed by atoms with E-state index in [0.717, 1.165) is 0 Å². The molecule has 4 rings (SSSR count). The van der Waals surface area contributed by atoms with Gasteiger partial charge in [0.25, 0.3) is 0 Å². The summed E-state index contributed by atoms with van der Waals surface area (Å²) in [6, 6.07) is 16.5. The highest BCUT2D eigenvalue weighted by Gasteiger charge is 2.34. The van der Waals surface area contributed by atoms with E-state index in [0.29, 0.717) is 5.56 Å². The number of aromatic hydroxyl groups is 2. The molecule has 0 amide bonds. The second kappa shape index (κ2) is 5.06. The van der Waals surface area contributed by atoms with Crippen LogP contribution in [0.25, 0.3) is 11.1 Å². The van der Waals surface area contributed by atoms with Gasteiger partial charge in [-0.1, -0.05) is 54.6 Å². The van der Waals surface area contributed by atoms with Gasteiger partial charge >= 0.3 is 0 Å². The van der Waals surface area contributed by atoms with Crippen molar-refractivity contribution in [2.75, 3.05) is 0 Å². The van der Waals surface area contributed by atoms with Crippen LogP contribution in [0, 0.1) is 0 Å². The van der Waals surface area contributed by atoms with Gasteiger partial charge in [-0.15, -0.1) is 0 Å². The molecule has 0 atom stereocenters. The predicted octanol–water partition coefficient (Wildman–Crippen LogP) is 3.54. The van der Waals surface area contributed by atoms with Crippen LogP contribution in [0.2, 0.25) is 0 Å². The zero-order chi connectivity index (χ0) is 16.8. The third-order valence-corrected chi connectivity index (χ3v) is 4.23. The van der Waals surface area contributed by atoms with Gasteiger partial charge in [-0.2, -0.15) is 0 Å². The van der Waals surface area contributed by atoms with Gasteiger partial charge in [0.05, 0.1) is 11.1 Å². The van der Waals surface area contributed by atoms with Crippen LogP contribution in [0.5, 0.6) is 11.5 Å². The van der Waals surface area contributed by atoms with Crippen LogP contribution in [-0.2, 0) is 0 Å². The molecule has 0 unspecified atom stereocenters. The van der Waals surface area contributed by atoms with Gasteiger partial charge in [0.15, 0.2) is 11.6 Å². The third kappa shape index (κ3) is 1.86. The molecule has 24 heavy (non-hydrogen) atoms. The van der Waals surface area contributed by atoms with Crippen molar-refractivity contribution in [3.8, 4) is 22.6 Å². The highest BCUT2D eigenvalue weighted by atomic mass is 16.3. The summed E-state index contributed by atoms with van der Waals surface area (Å²) in [7, 11) is 0. The number of carbonyl (C=O) groups is 2. The van der Waals surface area contributed by atoms with E-state index in [9.17, 15) is 19.8 Å².